The Kier molecular flexibility index (Phi) is 3.72. The molecule has 0 amide bonds. The highest BCUT2D eigenvalue weighted by Gasteiger charge is 2.40. The van der Waals surface area contributed by atoms with Gasteiger partial charge in [0.15, 0.2) is 0 Å². The molecule has 2 fully saturated rings. The van der Waals surface area contributed by atoms with Gasteiger partial charge in [-0.1, -0.05) is 30.3 Å². The lowest BCUT2D eigenvalue weighted by Gasteiger charge is -2.41. The van der Waals surface area contributed by atoms with Crippen molar-refractivity contribution < 1.29 is 0 Å². The van der Waals surface area contributed by atoms with Crippen LogP contribution in [0.15, 0.2) is 42.6 Å². The van der Waals surface area contributed by atoms with Crippen molar-refractivity contribution in [2.75, 3.05) is 18.0 Å². The van der Waals surface area contributed by atoms with E-state index in [1.165, 1.54) is 18.4 Å². The summed E-state index contributed by atoms with van der Waals surface area (Å²) < 4.78 is 0. The van der Waals surface area contributed by atoms with Crippen LogP contribution in [-0.2, 0) is 6.54 Å². The van der Waals surface area contributed by atoms with E-state index in [0.717, 1.165) is 25.5 Å². The van der Waals surface area contributed by atoms with Gasteiger partial charge in [0.2, 0.25) is 5.28 Å². The summed E-state index contributed by atoms with van der Waals surface area (Å²) in [4.78, 5) is 13.4. The molecule has 0 spiro atoms. The smallest absolute Gasteiger partial charge is 0.224 e. The maximum absolute atomic E-state index is 5.93. The number of piperazine rings is 1. The number of aromatic nitrogens is 2. The van der Waals surface area contributed by atoms with Gasteiger partial charge in [0.1, 0.15) is 5.82 Å². The molecule has 0 radical (unpaired) electrons. The van der Waals surface area contributed by atoms with Gasteiger partial charge in [0.25, 0.3) is 0 Å². The number of halogens is 1. The Labute approximate surface area is 135 Å². The number of anilines is 1. The highest BCUT2D eigenvalue weighted by molar-refractivity contribution is 6.28. The maximum atomic E-state index is 5.93. The van der Waals surface area contributed by atoms with Crippen molar-refractivity contribution in [3.8, 4) is 0 Å². The van der Waals surface area contributed by atoms with Gasteiger partial charge in [-0.3, -0.25) is 4.90 Å². The summed E-state index contributed by atoms with van der Waals surface area (Å²) in [5.41, 5.74) is 1.40. The number of rotatable bonds is 3. The average Bonchev–Trinajstić information content (AvgIpc) is 2.78. The Morgan fingerprint density at radius 1 is 1.05 bits per heavy atom. The Morgan fingerprint density at radius 2 is 1.77 bits per heavy atom. The summed E-state index contributed by atoms with van der Waals surface area (Å²) >= 11 is 5.93. The molecule has 0 aliphatic carbocycles. The first-order chi connectivity index (χ1) is 10.8. The molecule has 4 rings (SSSR count). The van der Waals surface area contributed by atoms with Gasteiger partial charge in [-0.2, -0.15) is 0 Å². The van der Waals surface area contributed by atoms with E-state index in [1.807, 2.05) is 6.07 Å². The van der Waals surface area contributed by atoms with Gasteiger partial charge in [-0.05, 0) is 36.1 Å². The maximum Gasteiger partial charge on any atom is 0.224 e. The summed E-state index contributed by atoms with van der Waals surface area (Å²) in [7, 11) is 0. The third-order valence-corrected chi connectivity index (χ3v) is 4.96. The number of hydrogen-bond acceptors (Lipinski definition) is 4. The molecule has 1 aromatic carbocycles. The van der Waals surface area contributed by atoms with Crippen molar-refractivity contribution in [1.29, 1.82) is 0 Å². The van der Waals surface area contributed by atoms with Crippen LogP contribution in [0.25, 0.3) is 0 Å². The largest absolute Gasteiger partial charge is 0.353 e. The first-order valence-electron chi connectivity index (χ1n) is 7.83. The zero-order chi connectivity index (χ0) is 14.9. The van der Waals surface area contributed by atoms with E-state index in [0.29, 0.717) is 17.4 Å². The second-order valence-corrected chi connectivity index (χ2v) is 6.47. The summed E-state index contributed by atoms with van der Waals surface area (Å²) in [5, 5.41) is 0.330. The van der Waals surface area contributed by atoms with Crippen LogP contribution in [0.3, 0.4) is 0 Å². The fourth-order valence-corrected chi connectivity index (χ4v) is 3.87. The first kappa shape index (κ1) is 14.0. The molecule has 114 valence electrons. The van der Waals surface area contributed by atoms with Crippen LogP contribution >= 0.6 is 11.6 Å². The fourth-order valence-electron chi connectivity index (χ4n) is 3.73. The lowest BCUT2D eigenvalue weighted by molar-refractivity contribution is 0.160. The Hall–Kier alpha value is -1.65. The molecule has 5 heteroatoms. The number of hydrogen-bond donors (Lipinski definition) is 0. The SMILES string of the molecule is Clc1nccc(N2CC3CCC(C2)N3Cc2ccccc2)n1. The van der Waals surface area contributed by atoms with Gasteiger partial charge in [0.05, 0.1) is 0 Å². The molecule has 4 nitrogen and oxygen atoms in total. The van der Waals surface area contributed by atoms with Crippen molar-refractivity contribution in [2.24, 2.45) is 0 Å². The molecule has 0 saturated carbocycles. The zero-order valence-electron chi connectivity index (χ0n) is 12.4. The third kappa shape index (κ3) is 2.69. The minimum absolute atomic E-state index is 0.330. The van der Waals surface area contributed by atoms with E-state index in [9.17, 15) is 0 Å². The van der Waals surface area contributed by atoms with E-state index in [2.05, 4.69) is 50.1 Å². The second kappa shape index (κ2) is 5.86. The van der Waals surface area contributed by atoms with Gasteiger partial charge < -0.3 is 4.90 Å². The van der Waals surface area contributed by atoms with Crippen LogP contribution in [0.2, 0.25) is 5.28 Å². The zero-order valence-corrected chi connectivity index (χ0v) is 13.2. The van der Waals surface area contributed by atoms with E-state index in [1.54, 1.807) is 6.20 Å². The molecule has 3 heterocycles. The lowest BCUT2D eigenvalue weighted by atomic mass is 10.1. The van der Waals surface area contributed by atoms with Gasteiger partial charge in [-0.25, -0.2) is 9.97 Å². The number of fused-ring (bicyclic) bond motifs is 2. The molecule has 0 N–H and O–H groups in total. The number of nitrogens with zero attached hydrogens (tertiary/aromatic N) is 4. The predicted molar refractivity (Wildman–Crippen MR) is 88.1 cm³/mol. The Balaban J connectivity index is 1.50. The van der Waals surface area contributed by atoms with E-state index >= 15 is 0 Å². The monoisotopic (exact) mass is 314 g/mol. The van der Waals surface area contributed by atoms with Crippen molar-refractivity contribution in [1.82, 2.24) is 14.9 Å². The predicted octanol–water partition coefficient (Wildman–Crippen LogP) is 2.98. The minimum Gasteiger partial charge on any atom is -0.353 e. The molecule has 2 atom stereocenters. The molecule has 2 aliphatic heterocycles. The van der Waals surface area contributed by atoms with E-state index < -0.39 is 0 Å². The molecule has 2 bridgehead atoms. The highest BCUT2D eigenvalue weighted by atomic mass is 35.5. The fraction of sp³-hybridized carbons (Fsp3) is 0.412. The highest BCUT2D eigenvalue weighted by Crippen LogP contribution is 2.33. The third-order valence-electron chi connectivity index (χ3n) is 4.78. The average molecular weight is 315 g/mol. The molecule has 2 saturated heterocycles. The van der Waals surface area contributed by atoms with Crippen molar-refractivity contribution >= 4 is 17.4 Å². The Morgan fingerprint density at radius 3 is 2.45 bits per heavy atom. The first-order valence-corrected chi connectivity index (χ1v) is 8.20. The van der Waals surface area contributed by atoms with Crippen molar-refractivity contribution in [2.45, 2.75) is 31.5 Å². The van der Waals surface area contributed by atoms with Gasteiger partial charge in [0, 0.05) is 37.9 Å². The molecule has 2 aliphatic rings. The Bertz CT molecular complexity index is 634. The molecule has 2 aromatic rings. The van der Waals surface area contributed by atoms with Gasteiger partial charge in [-0.15, -0.1) is 0 Å². The van der Waals surface area contributed by atoms with Crippen LogP contribution in [0, 0.1) is 0 Å². The van der Waals surface area contributed by atoms with Crippen LogP contribution in [0.5, 0.6) is 0 Å². The van der Waals surface area contributed by atoms with Crippen LogP contribution in [0.1, 0.15) is 18.4 Å². The van der Waals surface area contributed by atoms with Crippen LogP contribution in [-0.4, -0.2) is 40.0 Å². The quantitative estimate of drug-likeness (QED) is 0.815. The molecule has 2 unspecified atom stereocenters. The molecule has 1 aromatic heterocycles. The van der Waals surface area contributed by atoms with Crippen molar-refractivity contribution in [3.63, 3.8) is 0 Å². The minimum atomic E-state index is 0.330. The summed E-state index contributed by atoms with van der Waals surface area (Å²) in [6, 6.07) is 13.9. The second-order valence-electron chi connectivity index (χ2n) is 6.13. The summed E-state index contributed by atoms with van der Waals surface area (Å²) in [6.45, 7) is 3.10. The van der Waals surface area contributed by atoms with Gasteiger partial charge >= 0.3 is 0 Å². The topological polar surface area (TPSA) is 32.3 Å². The van der Waals surface area contributed by atoms with Crippen LogP contribution in [0.4, 0.5) is 5.82 Å². The van der Waals surface area contributed by atoms with E-state index in [4.69, 9.17) is 11.6 Å². The normalized spacial score (nSPS) is 24.7. The molecular formula is C17H19ClN4. The molecular weight excluding hydrogens is 296 g/mol. The lowest BCUT2D eigenvalue weighted by Crippen LogP contribution is -2.53. The van der Waals surface area contributed by atoms with Crippen molar-refractivity contribution in [3.05, 3.63) is 53.4 Å². The molecule has 22 heavy (non-hydrogen) atoms. The van der Waals surface area contributed by atoms with E-state index in [-0.39, 0.29) is 0 Å². The standard InChI is InChI=1S/C17H19ClN4/c18-17-19-9-8-16(20-17)21-11-14-6-7-15(12-21)22(14)10-13-4-2-1-3-5-13/h1-5,8-9,14-15H,6-7,10-12H2. The summed E-state index contributed by atoms with van der Waals surface area (Å²) in [5.74, 6) is 0.955. The summed E-state index contributed by atoms with van der Waals surface area (Å²) in [6.07, 6.45) is 4.28. The number of benzene rings is 1. The van der Waals surface area contributed by atoms with Crippen LogP contribution < -0.4 is 4.90 Å².